The minimum atomic E-state index is 0.405. The van der Waals surface area contributed by atoms with E-state index in [2.05, 4.69) is 15.3 Å². The number of nitrogens with two attached hydrogens (primary N) is 1. The van der Waals surface area contributed by atoms with E-state index in [0.29, 0.717) is 11.6 Å². The van der Waals surface area contributed by atoms with Crippen LogP contribution < -0.4 is 15.8 Å². The third kappa shape index (κ3) is 2.63. The number of nitrogens with one attached hydrogen (secondary N) is 1. The molecule has 3 N–H and O–H groups in total. The zero-order chi connectivity index (χ0) is 12.3. The summed E-state index contributed by atoms with van der Waals surface area (Å²) in [6.45, 7) is 2.00. The van der Waals surface area contributed by atoms with Gasteiger partial charge < -0.3 is 15.8 Å². The van der Waals surface area contributed by atoms with Gasteiger partial charge in [-0.25, -0.2) is 9.97 Å². The summed E-state index contributed by atoms with van der Waals surface area (Å²) in [6.07, 6.45) is 3.11. The summed E-state index contributed by atoms with van der Waals surface area (Å²) in [5.74, 6) is 1.89. The van der Waals surface area contributed by atoms with E-state index in [1.54, 1.807) is 13.3 Å². The number of hydrogen-bond acceptors (Lipinski definition) is 5. The maximum absolute atomic E-state index is 5.47. The molecule has 0 saturated heterocycles. The molecule has 0 atom stereocenters. The number of nitrogens with zero attached hydrogens (tertiary/aromatic N) is 2. The molecule has 2 aromatic rings. The van der Waals surface area contributed by atoms with Crippen molar-refractivity contribution in [3.8, 4) is 5.75 Å². The molecule has 0 bridgehead atoms. The molecule has 0 aliphatic carbocycles. The van der Waals surface area contributed by atoms with Crippen molar-refractivity contribution in [1.82, 2.24) is 9.97 Å². The molecule has 0 aliphatic heterocycles. The Balaban J connectivity index is 2.21. The lowest BCUT2D eigenvalue weighted by molar-refractivity contribution is 0.414. The summed E-state index contributed by atoms with van der Waals surface area (Å²) in [5, 5.41) is 3.17. The summed E-state index contributed by atoms with van der Waals surface area (Å²) >= 11 is 0. The van der Waals surface area contributed by atoms with Gasteiger partial charge in [0.25, 0.3) is 0 Å². The standard InChI is InChI=1S/C12H14N4O/c1-8-5-9(17-2)3-4-10(8)16-12-7-14-11(13)6-15-12/h3-7H,1-2H3,(H2,13,14)(H,15,16). The average molecular weight is 230 g/mol. The van der Waals surface area contributed by atoms with Gasteiger partial charge in [0.1, 0.15) is 17.4 Å². The van der Waals surface area contributed by atoms with Crippen molar-refractivity contribution < 1.29 is 4.74 Å². The number of ether oxygens (including phenoxy) is 1. The van der Waals surface area contributed by atoms with Crippen molar-refractivity contribution in [2.45, 2.75) is 6.92 Å². The highest BCUT2D eigenvalue weighted by atomic mass is 16.5. The van der Waals surface area contributed by atoms with Crippen LogP contribution in [0.25, 0.3) is 0 Å². The van der Waals surface area contributed by atoms with Crippen LogP contribution in [0, 0.1) is 6.92 Å². The molecular formula is C12H14N4O. The zero-order valence-corrected chi connectivity index (χ0v) is 9.77. The Morgan fingerprint density at radius 1 is 1.24 bits per heavy atom. The Labute approximate surface area is 99.7 Å². The van der Waals surface area contributed by atoms with Crippen molar-refractivity contribution in [3.63, 3.8) is 0 Å². The maximum Gasteiger partial charge on any atom is 0.149 e. The van der Waals surface area contributed by atoms with Crippen LogP contribution in [0.15, 0.2) is 30.6 Å². The van der Waals surface area contributed by atoms with Gasteiger partial charge in [0, 0.05) is 5.69 Å². The molecule has 0 amide bonds. The molecule has 0 fully saturated rings. The molecule has 2 rings (SSSR count). The lowest BCUT2D eigenvalue weighted by atomic mass is 10.2. The number of nitrogen functional groups attached to an aromatic ring is 1. The smallest absolute Gasteiger partial charge is 0.149 e. The van der Waals surface area contributed by atoms with Crippen LogP contribution in [0.3, 0.4) is 0 Å². The fourth-order valence-electron chi connectivity index (χ4n) is 1.44. The van der Waals surface area contributed by atoms with Crippen LogP contribution in [0.2, 0.25) is 0 Å². The molecule has 0 saturated carbocycles. The van der Waals surface area contributed by atoms with Gasteiger partial charge in [-0.05, 0) is 30.7 Å². The second-order valence-electron chi connectivity index (χ2n) is 3.63. The van der Waals surface area contributed by atoms with E-state index >= 15 is 0 Å². The first-order valence-electron chi connectivity index (χ1n) is 5.18. The molecule has 1 heterocycles. The molecule has 0 spiro atoms. The molecule has 88 valence electrons. The molecule has 17 heavy (non-hydrogen) atoms. The Morgan fingerprint density at radius 2 is 2.06 bits per heavy atom. The van der Waals surface area contributed by atoms with Gasteiger partial charge in [-0.2, -0.15) is 0 Å². The fourth-order valence-corrected chi connectivity index (χ4v) is 1.44. The SMILES string of the molecule is COc1ccc(Nc2cnc(N)cn2)c(C)c1. The average Bonchev–Trinajstić information content (AvgIpc) is 2.34. The van der Waals surface area contributed by atoms with Crippen LogP contribution in [0.4, 0.5) is 17.3 Å². The van der Waals surface area contributed by atoms with E-state index in [0.717, 1.165) is 17.0 Å². The van der Waals surface area contributed by atoms with Gasteiger partial charge in [0.2, 0.25) is 0 Å². The van der Waals surface area contributed by atoms with Crippen LogP contribution in [0.1, 0.15) is 5.56 Å². The van der Waals surface area contributed by atoms with E-state index < -0.39 is 0 Å². The van der Waals surface area contributed by atoms with E-state index in [1.807, 2.05) is 25.1 Å². The Morgan fingerprint density at radius 3 is 2.65 bits per heavy atom. The van der Waals surface area contributed by atoms with Crippen molar-refractivity contribution in [1.29, 1.82) is 0 Å². The number of anilines is 3. The lowest BCUT2D eigenvalue weighted by Crippen LogP contribution is -1.98. The Hall–Kier alpha value is -2.30. The summed E-state index contributed by atoms with van der Waals surface area (Å²) in [4.78, 5) is 8.09. The molecule has 0 aliphatic rings. The number of rotatable bonds is 3. The quantitative estimate of drug-likeness (QED) is 0.844. The maximum atomic E-state index is 5.47. The minimum Gasteiger partial charge on any atom is -0.497 e. The second kappa shape index (κ2) is 4.69. The zero-order valence-electron chi connectivity index (χ0n) is 9.77. The van der Waals surface area contributed by atoms with Gasteiger partial charge in [-0.1, -0.05) is 0 Å². The molecule has 0 unspecified atom stereocenters. The van der Waals surface area contributed by atoms with Crippen molar-refractivity contribution in [3.05, 3.63) is 36.2 Å². The number of hydrogen-bond donors (Lipinski definition) is 2. The fraction of sp³-hybridized carbons (Fsp3) is 0.167. The minimum absolute atomic E-state index is 0.405. The summed E-state index contributed by atoms with van der Waals surface area (Å²) in [5.41, 5.74) is 7.50. The Kier molecular flexibility index (Phi) is 3.09. The first-order chi connectivity index (χ1) is 8.19. The topological polar surface area (TPSA) is 73.1 Å². The first kappa shape index (κ1) is 11.2. The van der Waals surface area contributed by atoms with E-state index in [9.17, 15) is 0 Å². The molecule has 1 aromatic carbocycles. The summed E-state index contributed by atoms with van der Waals surface area (Å²) < 4.78 is 5.14. The summed E-state index contributed by atoms with van der Waals surface area (Å²) in [6, 6.07) is 5.78. The third-order valence-electron chi connectivity index (χ3n) is 2.37. The first-order valence-corrected chi connectivity index (χ1v) is 5.18. The van der Waals surface area contributed by atoms with Crippen molar-refractivity contribution in [2.24, 2.45) is 0 Å². The van der Waals surface area contributed by atoms with E-state index in [1.165, 1.54) is 6.20 Å². The van der Waals surface area contributed by atoms with E-state index in [-0.39, 0.29) is 0 Å². The van der Waals surface area contributed by atoms with Crippen LogP contribution in [0.5, 0.6) is 5.75 Å². The highest BCUT2D eigenvalue weighted by Gasteiger charge is 2.02. The summed E-state index contributed by atoms with van der Waals surface area (Å²) in [7, 11) is 1.65. The van der Waals surface area contributed by atoms with Crippen molar-refractivity contribution >= 4 is 17.3 Å². The molecule has 5 nitrogen and oxygen atoms in total. The Bertz CT molecular complexity index is 510. The van der Waals surface area contributed by atoms with E-state index in [4.69, 9.17) is 10.5 Å². The highest BCUT2D eigenvalue weighted by Crippen LogP contribution is 2.23. The molecule has 5 heteroatoms. The lowest BCUT2D eigenvalue weighted by Gasteiger charge is -2.09. The van der Waals surface area contributed by atoms with Gasteiger partial charge >= 0.3 is 0 Å². The normalized spacial score (nSPS) is 10.0. The van der Waals surface area contributed by atoms with Gasteiger partial charge in [-0.3, -0.25) is 0 Å². The molecule has 0 radical (unpaired) electrons. The van der Waals surface area contributed by atoms with Crippen molar-refractivity contribution in [2.75, 3.05) is 18.2 Å². The largest absolute Gasteiger partial charge is 0.497 e. The number of benzene rings is 1. The number of methoxy groups -OCH3 is 1. The number of aryl methyl sites for hydroxylation is 1. The highest BCUT2D eigenvalue weighted by molar-refractivity contribution is 5.61. The van der Waals surface area contributed by atoms with Gasteiger partial charge in [-0.15, -0.1) is 0 Å². The predicted molar refractivity (Wildman–Crippen MR) is 67.5 cm³/mol. The van der Waals surface area contributed by atoms with Gasteiger partial charge in [0.05, 0.1) is 19.5 Å². The third-order valence-corrected chi connectivity index (χ3v) is 2.37. The monoisotopic (exact) mass is 230 g/mol. The second-order valence-corrected chi connectivity index (χ2v) is 3.63. The predicted octanol–water partition coefficient (Wildman–Crippen LogP) is 2.12. The number of aromatic nitrogens is 2. The molecule has 1 aromatic heterocycles. The van der Waals surface area contributed by atoms with Gasteiger partial charge in [0.15, 0.2) is 0 Å². The van der Waals surface area contributed by atoms with Crippen LogP contribution in [-0.4, -0.2) is 17.1 Å². The van der Waals surface area contributed by atoms with Crippen LogP contribution >= 0.6 is 0 Å². The van der Waals surface area contributed by atoms with Crippen LogP contribution in [-0.2, 0) is 0 Å². The molecular weight excluding hydrogens is 216 g/mol.